The highest BCUT2D eigenvalue weighted by molar-refractivity contribution is 6.44. The SMILES string of the molecule is Clc1cccc(C(Cl)Cl)c1. The summed E-state index contributed by atoms with van der Waals surface area (Å²) in [7, 11) is 0. The molecule has 0 unspecified atom stereocenters. The summed E-state index contributed by atoms with van der Waals surface area (Å²) in [5.74, 6) is 0. The first-order valence-electron chi connectivity index (χ1n) is 2.74. The summed E-state index contributed by atoms with van der Waals surface area (Å²) in [4.78, 5) is -0.487. The predicted molar refractivity (Wildman–Crippen MR) is 45.9 cm³/mol. The van der Waals surface area contributed by atoms with Gasteiger partial charge in [0.15, 0.2) is 0 Å². The topological polar surface area (TPSA) is 0 Å². The van der Waals surface area contributed by atoms with Crippen molar-refractivity contribution in [3.05, 3.63) is 34.9 Å². The van der Waals surface area contributed by atoms with Crippen molar-refractivity contribution >= 4 is 34.8 Å². The summed E-state index contributed by atoms with van der Waals surface area (Å²) in [5.41, 5.74) is 0.829. The van der Waals surface area contributed by atoms with E-state index in [0.717, 1.165) is 5.56 Å². The van der Waals surface area contributed by atoms with Crippen LogP contribution in [0, 0.1) is 0 Å². The van der Waals surface area contributed by atoms with E-state index >= 15 is 0 Å². The van der Waals surface area contributed by atoms with Crippen LogP contribution in [0.5, 0.6) is 0 Å². The van der Waals surface area contributed by atoms with Crippen molar-refractivity contribution in [1.82, 2.24) is 0 Å². The molecule has 1 rings (SSSR count). The van der Waals surface area contributed by atoms with Gasteiger partial charge in [-0.15, -0.1) is 23.2 Å². The van der Waals surface area contributed by atoms with Crippen molar-refractivity contribution < 1.29 is 0 Å². The largest absolute Gasteiger partial charge is 0.132 e. The fourth-order valence-electron chi connectivity index (χ4n) is 0.642. The summed E-state index contributed by atoms with van der Waals surface area (Å²) in [6.45, 7) is 0. The molecule has 1 aromatic rings. The lowest BCUT2D eigenvalue weighted by atomic mass is 10.2. The van der Waals surface area contributed by atoms with Crippen LogP contribution in [0.3, 0.4) is 0 Å². The zero-order valence-electron chi connectivity index (χ0n) is 5.02. The third kappa shape index (κ3) is 2.05. The van der Waals surface area contributed by atoms with E-state index in [1.165, 1.54) is 0 Å². The Labute approximate surface area is 74.7 Å². The minimum absolute atomic E-state index is 0.487. The molecule has 0 spiro atoms. The number of hydrogen-bond donors (Lipinski definition) is 0. The van der Waals surface area contributed by atoms with Crippen molar-refractivity contribution in [2.24, 2.45) is 0 Å². The van der Waals surface area contributed by atoms with Crippen LogP contribution < -0.4 is 0 Å². The molecule has 0 saturated carbocycles. The van der Waals surface area contributed by atoms with Gasteiger partial charge in [-0.2, -0.15) is 0 Å². The Morgan fingerprint density at radius 1 is 1.20 bits per heavy atom. The van der Waals surface area contributed by atoms with Gasteiger partial charge in [-0.1, -0.05) is 23.7 Å². The molecule has 0 aliphatic rings. The molecule has 54 valence electrons. The molecule has 0 aliphatic carbocycles. The van der Waals surface area contributed by atoms with Gasteiger partial charge in [0.1, 0.15) is 4.84 Å². The van der Waals surface area contributed by atoms with Gasteiger partial charge in [-0.25, -0.2) is 0 Å². The van der Waals surface area contributed by atoms with Crippen molar-refractivity contribution in [3.63, 3.8) is 0 Å². The van der Waals surface area contributed by atoms with Crippen LogP contribution in [0.15, 0.2) is 24.3 Å². The average molecular weight is 195 g/mol. The Morgan fingerprint density at radius 3 is 2.30 bits per heavy atom. The van der Waals surface area contributed by atoms with Gasteiger partial charge in [0, 0.05) is 5.02 Å². The monoisotopic (exact) mass is 194 g/mol. The van der Waals surface area contributed by atoms with Crippen LogP contribution in [-0.2, 0) is 0 Å². The second kappa shape index (κ2) is 3.47. The van der Waals surface area contributed by atoms with E-state index < -0.39 is 4.84 Å². The quantitative estimate of drug-likeness (QED) is 0.598. The van der Waals surface area contributed by atoms with E-state index in [-0.39, 0.29) is 0 Å². The molecule has 0 fully saturated rings. The Hall–Kier alpha value is 0.0900. The van der Waals surface area contributed by atoms with Crippen LogP contribution in [0.2, 0.25) is 5.02 Å². The van der Waals surface area contributed by atoms with Gasteiger partial charge < -0.3 is 0 Å². The normalized spacial score (nSPS) is 10.4. The zero-order valence-corrected chi connectivity index (χ0v) is 7.29. The highest BCUT2D eigenvalue weighted by Gasteiger charge is 2.01. The molecule has 0 atom stereocenters. The number of hydrogen-bond acceptors (Lipinski definition) is 0. The number of alkyl halides is 2. The molecule has 3 heteroatoms. The van der Waals surface area contributed by atoms with E-state index in [0.29, 0.717) is 5.02 Å². The fraction of sp³-hybridized carbons (Fsp3) is 0.143. The first-order valence-corrected chi connectivity index (χ1v) is 3.99. The third-order valence-corrected chi connectivity index (χ3v) is 1.84. The minimum atomic E-state index is -0.487. The molecular formula is C7H5Cl3. The molecule has 0 aliphatic heterocycles. The molecule has 0 heterocycles. The fourth-order valence-corrected chi connectivity index (χ4v) is 1.11. The van der Waals surface area contributed by atoms with Gasteiger partial charge in [-0.3, -0.25) is 0 Å². The Bertz CT molecular complexity index is 220. The summed E-state index contributed by atoms with van der Waals surface area (Å²) in [6, 6.07) is 7.17. The molecule has 0 bridgehead atoms. The Balaban J connectivity index is 2.96. The minimum Gasteiger partial charge on any atom is -0.100 e. The highest BCUT2D eigenvalue weighted by Crippen LogP contribution is 2.26. The molecule has 0 N–H and O–H groups in total. The van der Waals surface area contributed by atoms with E-state index in [2.05, 4.69) is 0 Å². The van der Waals surface area contributed by atoms with Gasteiger partial charge in [-0.05, 0) is 17.7 Å². The highest BCUT2D eigenvalue weighted by atomic mass is 35.5. The molecule has 0 radical (unpaired) electrons. The first-order chi connectivity index (χ1) is 4.70. The molecule has 0 nitrogen and oxygen atoms in total. The predicted octanol–water partition coefficient (Wildman–Crippen LogP) is 3.82. The van der Waals surface area contributed by atoms with Crippen molar-refractivity contribution in [2.45, 2.75) is 4.84 Å². The third-order valence-electron chi connectivity index (χ3n) is 1.10. The van der Waals surface area contributed by atoms with Crippen molar-refractivity contribution in [2.75, 3.05) is 0 Å². The second-order valence-corrected chi connectivity index (χ2v) is 3.39. The Morgan fingerprint density at radius 2 is 1.90 bits per heavy atom. The average Bonchev–Trinajstić information content (AvgIpc) is 1.88. The smallest absolute Gasteiger partial charge is 0.100 e. The van der Waals surface area contributed by atoms with Gasteiger partial charge in [0.25, 0.3) is 0 Å². The lowest BCUT2D eigenvalue weighted by Crippen LogP contribution is -1.78. The van der Waals surface area contributed by atoms with Crippen LogP contribution in [0.1, 0.15) is 10.4 Å². The zero-order chi connectivity index (χ0) is 7.56. The molecule has 1 aromatic carbocycles. The van der Waals surface area contributed by atoms with Crippen LogP contribution in [0.25, 0.3) is 0 Å². The first kappa shape index (κ1) is 8.19. The number of halogens is 3. The Kier molecular flexibility index (Phi) is 2.84. The lowest BCUT2D eigenvalue weighted by molar-refractivity contribution is 1.35. The molecule has 0 saturated heterocycles. The van der Waals surface area contributed by atoms with Gasteiger partial charge >= 0.3 is 0 Å². The standard InChI is InChI=1S/C7H5Cl3/c8-6-3-1-2-5(4-6)7(9)10/h1-4,7H. The maximum atomic E-state index is 5.67. The van der Waals surface area contributed by atoms with Crippen LogP contribution in [-0.4, -0.2) is 0 Å². The van der Waals surface area contributed by atoms with E-state index in [4.69, 9.17) is 34.8 Å². The maximum Gasteiger partial charge on any atom is 0.132 e. The summed E-state index contributed by atoms with van der Waals surface area (Å²) >= 11 is 16.8. The second-order valence-electron chi connectivity index (χ2n) is 1.86. The van der Waals surface area contributed by atoms with E-state index in [9.17, 15) is 0 Å². The molecule has 0 amide bonds. The summed E-state index contributed by atoms with van der Waals surface area (Å²) < 4.78 is 0. The molecule has 0 aromatic heterocycles. The van der Waals surface area contributed by atoms with E-state index in [1.54, 1.807) is 12.1 Å². The van der Waals surface area contributed by atoms with Crippen molar-refractivity contribution in [1.29, 1.82) is 0 Å². The number of rotatable bonds is 1. The lowest BCUT2D eigenvalue weighted by Gasteiger charge is -1.99. The maximum absolute atomic E-state index is 5.67. The molecule has 10 heavy (non-hydrogen) atoms. The van der Waals surface area contributed by atoms with E-state index in [1.807, 2.05) is 12.1 Å². The van der Waals surface area contributed by atoms with Crippen LogP contribution >= 0.6 is 34.8 Å². The van der Waals surface area contributed by atoms with Crippen LogP contribution in [0.4, 0.5) is 0 Å². The molecular weight excluding hydrogens is 190 g/mol. The van der Waals surface area contributed by atoms with Gasteiger partial charge in [0.05, 0.1) is 0 Å². The number of benzene rings is 1. The summed E-state index contributed by atoms with van der Waals surface area (Å²) in [6.07, 6.45) is 0. The summed E-state index contributed by atoms with van der Waals surface area (Å²) in [5, 5.41) is 0.656. The van der Waals surface area contributed by atoms with Gasteiger partial charge in [0.2, 0.25) is 0 Å². The van der Waals surface area contributed by atoms with Crippen molar-refractivity contribution in [3.8, 4) is 0 Å².